The summed E-state index contributed by atoms with van der Waals surface area (Å²) in [6.07, 6.45) is 0.586. The lowest BCUT2D eigenvalue weighted by Gasteiger charge is -2.18. The molecule has 0 spiro atoms. The van der Waals surface area contributed by atoms with E-state index in [-0.39, 0.29) is 5.69 Å². The number of carbonyl (C=O) groups excluding carboxylic acids is 1. The predicted molar refractivity (Wildman–Crippen MR) is 66.8 cm³/mol. The minimum atomic E-state index is -0.706. The molecule has 0 heterocycles. The van der Waals surface area contributed by atoms with Gasteiger partial charge in [-0.2, -0.15) is 0 Å². The average Bonchev–Trinajstić information content (AvgIpc) is 2.32. The highest BCUT2D eigenvalue weighted by Gasteiger charge is 2.21. The number of rotatable bonds is 6. The second kappa shape index (κ2) is 6.83. The first kappa shape index (κ1) is 14.3. The van der Waals surface area contributed by atoms with Crippen LogP contribution in [0.4, 0.5) is 10.1 Å². The van der Waals surface area contributed by atoms with Crippen molar-refractivity contribution in [1.29, 1.82) is 0 Å². The van der Waals surface area contributed by atoms with Crippen molar-refractivity contribution in [1.82, 2.24) is 0 Å². The minimum Gasteiger partial charge on any atom is -0.477 e. The summed E-state index contributed by atoms with van der Waals surface area (Å²) in [7, 11) is 0. The third kappa shape index (κ3) is 3.91. The topological polar surface area (TPSA) is 61.5 Å². The number of nitrogen functional groups attached to an aromatic ring is 1. The Morgan fingerprint density at radius 3 is 2.72 bits per heavy atom. The summed E-state index contributed by atoms with van der Waals surface area (Å²) in [6, 6.07) is 3.80. The highest BCUT2D eigenvalue weighted by molar-refractivity contribution is 5.75. The van der Waals surface area contributed by atoms with Gasteiger partial charge in [0.05, 0.1) is 12.3 Å². The molecule has 0 amide bonds. The van der Waals surface area contributed by atoms with Crippen molar-refractivity contribution in [2.45, 2.75) is 32.8 Å². The van der Waals surface area contributed by atoms with Crippen molar-refractivity contribution in [2.75, 3.05) is 12.3 Å². The zero-order valence-electron chi connectivity index (χ0n) is 10.6. The van der Waals surface area contributed by atoms with Gasteiger partial charge in [-0.05, 0) is 25.5 Å². The lowest BCUT2D eigenvalue weighted by molar-refractivity contribution is -0.151. The number of hydrogen-bond donors (Lipinski definition) is 1. The van der Waals surface area contributed by atoms with E-state index in [0.717, 1.165) is 12.5 Å². The van der Waals surface area contributed by atoms with E-state index < -0.39 is 17.9 Å². The molecule has 0 fully saturated rings. The summed E-state index contributed by atoms with van der Waals surface area (Å²) in [5.41, 5.74) is 5.79. The molecule has 2 N–H and O–H groups in total. The van der Waals surface area contributed by atoms with Crippen molar-refractivity contribution in [3.8, 4) is 5.75 Å². The molecule has 5 heteroatoms. The van der Waals surface area contributed by atoms with Gasteiger partial charge in [-0.1, -0.05) is 13.3 Å². The Kier molecular flexibility index (Phi) is 5.42. The molecule has 0 saturated carbocycles. The highest BCUT2D eigenvalue weighted by atomic mass is 19.1. The summed E-state index contributed by atoms with van der Waals surface area (Å²) in [4.78, 5) is 11.7. The van der Waals surface area contributed by atoms with Gasteiger partial charge in [-0.25, -0.2) is 9.18 Å². The zero-order chi connectivity index (χ0) is 13.5. The quantitative estimate of drug-likeness (QED) is 0.626. The first-order valence-corrected chi connectivity index (χ1v) is 5.96. The molecule has 0 aliphatic rings. The predicted octanol–water partition coefficient (Wildman–Crippen LogP) is 2.52. The van der Waals surface area contributed by atoms with Crippen LogP contribution in [-0.2, 0) is 9.53 Å². The number of ether oxygens (including phenoxy) is 2. The van der Waals surface area contributed by atoms with Crippen molar-refractivity contribution in [3.05, 3.63) is 24.0 Å². The van der Waals surface area contributed by atoms with E-state index in [4.69, 9.17) is 15.2 Å². The molecule has 0 aliphatic carbocycles. The van der Waals surface area contributed by atoms with Crippen LogP contribution in [-0.4, -0.2) is 18.7 Å². The molecule has 1 atom stereocenters. The summed E-state index contributed by atoms with van der Waals surface area (Å²) in [5.74, 6) is -0.575. The number of hydrogen-bond acceptors (Lipinski definition) is 4. The van der Waals surface area contributed by atoms with Gasteiger partial charge in [-0.15, -0.1) is 0 Å². The number of esters is 1. The van der Waals surface area contributed by atoms with Crippen LogP contribution in [0.15, 0.2) is 18.2 Å². The first-order valence-electron chi connectivity index (χ1n) is 5.96. The van der Waals surface area contributed by atoms with Gasteiger partial charge in [0.25, 0.3) is 0 Å². The molecule has 0 radical (unpaired) electrons. The first-order chi connectivity index (χ1) is 8.58. The summed E-state index contributed by atoms with van der Waals surface area (Å²) in [6.45, 7) is 3.96. The summed E-state index contributed by atoms with van der Waals surface area (Å²) in [5, 5.41) is 0. The van der Waals surface area contributed by atoms with E-state index >= 15 is 0 Å². The Labute approximate surface area is 106 Å². The molecular formula is C13H18FNO3. The molecule has 18 heavy (non-hydrogen) atoms. The van der Waals surface area contributed by atoms with Crippen LogP contribution >= 0.6 is 0 Å². The van der Waals surface area contributed by atoms with E-state index in [1.165, 1.54) is 12.1 Å². The van der Waals surface area contributed by atoms with Crippen LogP contribution in [0.1, 0.15) is 26.7 Å². The number of anilines is 1. The van der Waals surface area contributed by atoms with Gasteiger partial charge in [-0.3, -0.25) is 0 Å². The lowest BCUT2D eigenvalue weighted by Crippen LogP contribution is -2.29. The molecule has 0 aromatic heterocycles. The van der Waals surface area contributed by atoms with Crippen molar-refractivity contribution in [2.24, 2.45) is 0 Å². The third-order valence-corrected chi connectivity index (χ3v) is 2.34. The number of carbonyl (C=O) groups is 1. The minimum absolute atomic E-state index is 0.167. The number of benzene rings is 1. The maximum absolute atomic E-state index is 12.9. The van der Waals surface area contributed by atoms with Gasteiger partial charge in [0, 0.05) is 6.07 Å². The molecule has 1 rings (SSSR count). The molecule has 1 unspecified atom stereocenters. The standard InChI is InChI=1S/C13H18FNO3/c1-3-5-12(13(16)17-4-2)18-11-7-6-9(14)8-10(11)15/h6-8,12H,3-5,15H2,1-2H3. The van der Waals surface area contributed by atoms with Crippen LogP contribution in [0, 0.1) is 5.82 Å². The van der Waals surface area contributed by atoms with Crippen LogP contribution in [0.2, 0.25) is 0 Å². The summed E-state index contributed by atoms with van der Waals surface area (Å²) < 4.78 is 23.3. The van der Waals surface area contributed by atoms with Gasteiger partial charge >= 0.3 is 5.97 Å². The van der Waals surface area contributed by atoms with E-state index in [0.29, 0.717) is 18.8 Å². The van der Waals surface area contributed by atoms with E-state index in [1.807, 2.05) is 6.92 Å². The molecular weight excluding hydrogens is 237 g/mol. The maximum Gasteiger partial charge on any atom is 0.347 e. The largest absolute Gasteiger partial charge is 0.477 e. The Hall–Kier alpha value is -1.78. The fourth-order valence-corrected chi connectivity index (χ4v) is 1.50. The van der Waals surface area contributed by atoms with Crippen LogP contribution in [0.3, 0.4) is 0 Å². The molecule has 100 valence electrons. The van der Waals surface area contributed by atoms with Crippen LogP contribution < -0.4 is 10.5 Å². The monoisotopic (exact) mass is 255 g/mol. The van der Waals surface area contributed by atoms with Gasteiger partial charge in [0.15, 0.2) is 6.10 Å². The number of nitrogens with two attached hydrogens (primary N) is 1. The molecule has 0 saturated heterocycles. The van der Waals surface area contributed by atoms with Crippen LogP contribution in [0.25, 0.3) is 0 Å². The molecule has 1 aromatic carbocycles. The fraction of sp³-hybridized carbons (Fsp3) is 0.462. The molecule has 1 aromatic rings. The maximum atomic E-state index is 12.9. The van der Waals surface area contributed by atoms with Crippen molar-refractivity contribution >= 4 is 11.7 Å². The SMILES string of the molecule is CCCC(Oc1ccc(F)cc1N)C(=O)OCC. The normalized spacial score (nSPS) is 11.9. The Balaban J connectivity index is 2.79. The van der Waals surface area contributed by atoms with Crippen molar-refractivity contribution in [3.63, 3.8) is 0 Å². The Morgan fingerprint density at radius 2 is 2.17 bits per heavy atom. The number of halogens is 1. The van der Waals surface area contributed by atoms with E-state index in [9.17, 15) is 9.18 Å². The molecule has 4 nitrogen and oxygen atoms in total. The Bertz CT molecular complexity index is 409. The fourth-order valence-electron chi connectivity index (χ4n) is 1.50. The highest BCUT2D eigenvalue weighted by Crippen LogP contribution is 2.24. The average molecular weight is 255 g/mol. The van der Waals surface area contributed by atoms with Crippen molar-refractivity contribution < 1.29 is 18.7 Å². The summed E-state index contributed by atoms with van der Waals surface area (Å²) >= 11 is 0. The van der Waals surface area contributed by atoms with E-state index in [1.54, 1.807) is 6.92 Å². The van der Waals surface area contributed by atoms with E-state index in [2.05, 4.69) is 0 Å². The smallest absolute Gasteiger partial charge is 0.347 e. The van der Waals surface area contributed by atoms with Gasteiger partial charge in [0.1, 0.15) is 11.6 Å². The van der Waals surface area contributed by atoms with Gasteiger partial charge < -0.3 is 15.2 Å². The zero-order valence-corrected chi connectivity index (χ0v) is 10.6. The lowest BCUT2D eigenvalue weighted by atomic mass is 10.2. The molecule has 0 bridgehead atoms. The second-order valence-electron chi connectivity index (χ2n) is 3.83. The molecule has 0 aliphatic heterocycles. The Morgan fingerprint density at radius 1 is 1.44 bits per heavy atom. The second-order valence-corrected chi connectivity index (χ2v) is 3.83. The van der Waals surface area contributed by atoms with Crippen LogP contribution in [0.5, 0.6) is 5.75 Å². The third-order valence-electron chi connectivity index (χ3n) is 2.34. The van der Waals surface area contributed by atoms with Gasteiger partial charge in [0.2, 0.25) is 0 Å².